The third-order valence-electron chi connectivity index (χ3n) is 2.60. The van der Waals surface area contributed by atoms with Crippen LogP contribution in [-0.2, 0) is 4.79 Å². The molecule has 1 aliphatic heterocycles. The van der Waals surface area contributed by atoms with Crippen LogP contribution in [0.3, 0.4) is 0 Å². The number of thioether (sulfide) groups is 1. The Kier molecular flexibility index (Phi) is 3.56. The number of benzene rings is 1. The molecule has 0 bridgehead atoms. The summed E-state index contributed by atoms with van der Waals surface area (Å²) in [6, 6.07) is 5.64. The monoisotopic (exact) mass is 301 g/mol. The van der Waals surface area contributed by atoms with Crippen molar-refractivity contribution >= 4 is 33.7 Å². The van der Waals surface area contributed by atoms with E-state index in [2.05, 4.69) is 21.2 Å². The van der Waals surface area contributed by atoms with Crippen LogP contribution in [0, 0.1) is 6.92 Å². The number of rotatable bonds is 2. The zero-order valence-corrected chi connectivity index (χ0v) is 11.1. The van der Waals surface area contributed by atoms with Gasteiger partial charge in [0.15, 0.2) is 0 Å². The Morgan fingerprint density at radius 3 is 3.00 bits per heavy atom. The maximum absolute atomic E-state index is 10.8. The normalized spacial score (nSPS) is 24.6. The molecule has 0 aliphatic carbocycles. The minimum atomic E-state index is -0.775. The molecule has 86 valence electrons. The van der Waals surface area contributed by atoms with Gasteiger partial charge in [-0.05, 0) is 30.2 Å². The predicted octanol–water partition coefficient (Wildman–Crippen LogP) is 2.55. The van der Waals surface area contributed by atoms with Gasteiger partial charge in [-0.2, -0.15) is 0 Å². The van der Waals surface area contributed by atoms with E-state index in [9.17, 15) is 4.79 Å². The number of halogens is 1. The molecule has 1 saturated heterocycles. The lowest BCUT2D eigenvalue weighted by molar-refractivity contribution is -0.138. The van der Waals surface area contributed by atoms with Gasteiger partial charge in [-0.3, -0.25) is 10.1 Å². The number of aryl methyl sites for hydroxylation is 1. The first-order valence-corrected chi connectivity index (χ1v) is 6.78. The van der Waals surface area contributed by atoms with Gasteiger partial charge in [-0.1, -0.05) is 22.0 Å². The number of hydrogen-bond acceptors (Lipinski definition) is 3. The average molecular weight is 302 g/mol. The zero-order chi connectivity index (χ0) is 11.7. The molecule has 5 heteroatoms. The Labute approximate surface area is 107 Å². The van der Waals surface area contributed by atoms with Crippen molar-refractivity contribution in [2.45, 2.75) is 18.3 Å². The second kappa shape index (κ2) is 4.77. The number of hydrogen-bond donors (Lipinski definition) is 2. The van der Waals surface area contributed by atoms with Crippen molar-refractivity contribution in [2.24, 2.45) is 0 Å². The molecular weight excluding hydrogens is 290 g/mol. The maximum atomic E-state index is 10.8. The largest absolute Gasteiger partial charge is 0.480 e. The van der Waals surface area contributed by atoms with Crippen molar-refractivity contribution in [3.8, 4) is 0 Å². The topological polar surface area (TPSA) is 49.3 Å². The summed E-state index contributed by atoms with van der Waals surface area (Å²) < 4.78 is 1.02. The second-order valence-electron chi connectivity index (χ2n) is 3.77. The highest BCUT2D eigenvalue weighted by Gasteiger charge is 2.30. The van der Waals surface area contributed by atoms with Crippen LogP contribution < -0.4 is 5.32 Å². The number of aliphatic carboxylic acids is 1. The Hall–Kier alpha value is -0.520. The Morgan fingerprint density at radius 2 is 2.38 bits per heavy atom. The van der Waals surface area contributed by atoms with Crippen molar-refractivity contribution in [2.75, 3.05) is 5.75 Å². The molecule has 0 spiro atoms. The maximum Gasteiger partial charge on any atom is 0.321 e. The molecule has 3 nitrogen and oxygen atoms in total. The van der Waals surface area contributed by atoms with E-state index in [4.69, 9.17) is 5.11 Å². The summed E-state index contributed by atoms with van der Waals surface area (Å²) in [5, 5.41) is 12.1. The Balaban J connectivity index is 2.20. The molecule has 2 atom stereocenters. The van der Waals surface area contributed by atoms with Gasteiger partial charge < -0.3 is 5.11 Å². The summed E-state index contributed by atoms with van der Waals surface area (Å²) in [5.41, 5.74) is 2.34. The molecule has 1 heterocycles. The first-order valence-electron chi connectivity index (χ1n) is 4.94. The highest BCUT2D eigenvalue weighted by atomic mass is 79.9. The van der Waals surface area contributed by atoms with Gasteiger partial charge in [0, 0.05) is 10.2 Å². The van der Waals surface area contributed by atoms with Gasteiger partial charge in [0.25, 0.3) is 0 Å². The summed E-state index contributed by atoms with van der Waals surface area (Å²) >= 11 is 5.08. The van der Waals surface area contributed by atoms with E-state index in [-0.39, 0.29) is 5.37 Å². The second-order valence-corrected chi connectivity index (χ2v) is 5.83. The number of carboxylic acids is 1. The summed E-state index contributed by atoms with van der Waals surface area (Å²) in [6.07, 6.45) is 0. The molecule has 0 amide bonds. The third kappa shape index (κ3) is 2.42. The van der Waals surface area contributed by atoms with Gasteiger partial charge in [-0.25, -0.2) is 0 Å². The lowest BCUT2D eigenvalue weighted by atomic mass is 10.1. The number of nitrogens with one attached hydrogen (secondary N) is 1. The molecule has 1 aliphatic rings. The minimum absolute atomic E-state index is 0.0820. The molecule has 0 aromatic heterocycles. The molecule has 16 heavy (non-hydrogen) atoms. The van der Waals surface area contributed by atoms with Gasteiger partial charge in [0.1, 0.15) is 6.04 Å². The van der Waals surface area contributed by atoms with Gasteiger partial charge in [-0.15, -0.1) is 11.8 Å². The minimum Gasteiger partial charge on any atom is -0.480 e. The molecular formula is C11H12BrNO2S. The van der Waals surface area contributed by atoms with Gasteiger partial charge >= 0.3 is 5.97 Å². The van der Waals surface area contributed by atoms with Crippen LogP contribution in [0.4, 0.5) is 0 Å². The van der Waals surface area contributed by atoms with Crippen LogP contribution in [-0.4, -0.2) is 22.9 Å². The van der Waals surface area contributed by atoms with Crippen molar-refractivity contribution in [1.29, 1.82) is 0 Å². The SMILES string of the molecule is Cc1ccc(Br)cc1C1NC(C(=O)O)CS1. The van der Waals surface area contributed by atoms with Crippen LogP contribution in [0.2, 0.25) is 0 Å². The van der Waals surface area contributed by atoms with Gasteiger partial charge in [0.05, 0.1) is 5.37 Å². The summed E-state index contributed by atoms with van der Waals surface area (Å²) in [6.45, 7) is 2.04. The number of carboxylic acid groups (broad SMARTS) is 1. The molecule has 1 fully saturated rings. The third-order valence-corrected chi connectivity index (χ3v) is 4.35. The summed E-state index contributed by atoms with van der Waals surface area (Å²) in [5.74, 6) is -0.158. The smallest absolute Gasteiger partial charge is 0.321 e. The molecule has 2 rings (SSSR count). The average Bonchev–Trinajstić information content (AvgIpc) is 2.70. The highest BCUT2D eigenvalue weighted by Crippen LogP contribution is 2.35. The van der Waals surface area contributed by atoms with E-state index in [0.717, 1.165) is 10.0 Å². The molecule has 1 aromatic rings. The van der Waals surface area contributed by atoms with E-state index in [1.54, 1.807) is 11.8 Å². The molecule has 0 radical (unpaired) electrons. The zero-order valence-electron chi connectivity index (χ0n) is 8.74. The van der Waals surface area contributed by atoms with Crippen LogP contribution >= 0.6 is 27.7 Å². The quantitative estimate of drug-likeness (QED) is 0.881. The summed E-state index contributed by atoms with van der Waals surface area (Å²) in [7, 11) is 0. The van der Waals surface area contributed by atoms with E-state index >= 15 is 0 Å². The van der Waals surface area contributed by atoms with Crippen molar-refractivity contribution in [1.82, 2.24) is 5.32 Å². The van der Waals surface area contributed by atoms with Gasteiger partial charge in [0.2, 0.25) is 0 Å². The van der Waals surface area contributed by atoms with Crippen molar-refractivity contribution < 1.29 is 9.90 Å². The van der Waals surface area contributed by atoms with E-state index in [1.807, 2.05) is 25.1 Å². The van der Waals surface area contributed by atoms with E-state index < -0.39 is 12.0 Å². The standard InChI is InChI=1S/C11H12BrNO2S/c1-6-2-3-7(12)4-8(6)10-13-9(5-16-10)11(14)15/h2-4,9-10,13H,5H2,1H3,(H,14,15). The fourth-order valence-electron chi connectivity index (χ4n) is 1.69. The molecule has 2 N–H and O–H groups in total. The Bertz CT molecular complexity index is 424. The first-order chi connectivity index (χ1) is 7.58. The fourth-order valence-corrected chi connectivity index (χ4v) is 3.38. The molecule has 0 saturated carbocycles. The number of carbonyl (C=O) groups is 1. The van der Waals surface area contributed by atoms with E-state index in [1.165, 1.54) is 5.56 Å². The van der Waals surface area contributed by atoms with Crippen molar-refractivity contribution in [3.05, 3.63) is 33.8 Å². The van der Waals surface area contributed by atoms with Crippen LogP contribution in [0.15, 0.2) is 22.7 Å². The highest BCUT2D eigenvalue weighted by molar-refractivity contribution is 9.10. The lowest BCUT2D eigenvalue weighted by Gasteiger charge is -2.14. The fraction of sp³-hybridized carbons (Fsp3) is 0.364. The van der Waals surface area contributed by atoms with Crippen molar-refractivity contribution in [3.63, 3.8) is 0 Å². The van der Waals surface area contributed by atoms with Crippen LogP contribution in [0.5, 0.6) is 0 Å². The Morgan fingerprint density at radius 1 is 1.62 bits per heavy atom. The molecule has 1 aromatic carbocycles. The lowest BCUT2D eigenvalue weighted by Crippen LogP contribution is -2.33. The summed E-state index contributed by atoms with van der Waals surface area (Å²) in [4.78, 5) is 10.8. The first kappa shape index (κ1) is 12.0. The van der Waals surface area contributed by atoms with Crippen LogP contribution in [0.1, 0.15) is 16.5 Å². The predicted molar refractivity (Wildman–Crippen MR) is 68.6 cm³/mol. The van der Waals surface area contributed by atoms with Crippen LogP contribution in [0.25, 0.3) is 0 Å². The van der Waals surface area contributed by atoms with E-state index in [0.29, 0.717) is 5.75 Å². The molecule has 2 unspecified atom stereocenters.